The summed E-state index contributed by atoms with van der Waals surface area (Å²) in [6, 6.07) is 69.8. The first-order chi connectivity index (χ1) is 33.3. The van der Waals surface area contributed by atoms with E-state index in [0.717, 1.165) is 72.6 Å². The SMILES string of the molecule is Cc1cc(-c2ccccc2)ccc1-c1cnc(-n2c3[c-]c(Oc4[c-]c(N5[CH-]N(c6cc(C(C)(C)C)cc(C(C)(C)C)c6)c6c(-c7ccccc7)cccc65)ccc4)ccc3c3ccccc32)cc1C.[Pt]. The van der Waals surface area contributed by atoms with Gasteiger partial charge in [0.15, 0.2) is 0 Å². The monoisotopic (exact) mass is 1090 g/mol. The van der Waals surface area contributed by atoms with Gasteiger partial charge in [0.25, 0.3) is 0 Å². The molecule has 0 radical (unpaired) electrons. The van der Waals surface area contributed by atoms with Crippen LogP contribution >= 0.6 is 0 Å². The number of aryl methyl sites for hydroxylation is 2. The van der Waals surface area contributed by atoms with E-state index in [9.17, 15) is 0 Å². The van der Waals surface area contributed by atoms with Crippen molar-refractivity contribution in [1.29, 1.82) is 0 Å². The standard InChI is InChI=1S/C64H55N4O.Pt/c1-42-33-46(44-19-11-9-12-20-44)29-31-53(42)57-40-65-61(34-43(57)2)68-58-27-16-15-25-55(58)56-32-30-52(39-60(56)68)69-51-24-17-23-49(38-51)66-41-67(50-36-47(63(3,4)5)35-48(37-50)64(6,7)8)62-54(26-18-28-59(62)66)45-21-13-10-14-22-45;/h9-37,40-41H,1-8H3;/q-3;. The summed E-state index contributed by atoms with van der Waals surface area (Å²) in [4.78, 5) is 9.73. The summed E-state index contributed by atoms with van der Waals surface area (Å²) < 4.78 is 8.93. The van der Waals surface area contributed by atoms with Crippen LogP contribution in [0.1, 0.15) is 63.8 Å². The minimum Gasteiger partial charge on any atom is -0.509 e. The molecule has 0 bridgehead atoms. The second-order valence-corrected chi connectivity index (χ2v) is 20.4. The molecule has 0 N–H and O–H groups in total. The molecule has 0 saturated heterocycles. The zero-order valence-electron chi connectivity index (χ0n) is 40.9. The van der Waals surface area contributed by atoms with Gasteiger partial charge in [0.1, 0.15) is 5.82 Å². The quantitative estimate of drug-likeness (QED) is 0.142. The minimum atomic E-state index is -0.0408. The molecule has 0 atom stereocenters. The zero-order valence-corrected chi connectivity index (χ0v) is 43.2. The Morgan fingerprint density at radius 1 is 0.514 bits per heavy atom. The van der Waals surface area contributed by atoms with Crippen molar-refractivity contribution in [2.24, 2.45) is 0 Å². The van der Waals surface area contributed by atoms with Gasteiger partial charge in [0, 0.05) is 72.5 Å². The van der Waals surface area contributed by atoms with E-state index in [4.69, 9.17) is 9.72 Å². The Labute approximate surface area is 427 Å². The molecule has 0 aliphatic carbocycles. The van der Waals surface area contributed by atoms with Gasteiger partial charge in [-0.3, -0.25) is 0 Å². The van der Waals surface area contributed by atoms with Gasteiger partial charge < -0.3 is 19.1 Å². The number of nitrogens with zero attached hydrogens (tertiary/aromatic N) is 4. The number of aromatic nitrogens is 2. The Bertz CT molecular complexity index is 3530. The molecule has 0 fully saturated rings. The molecule has 2 aromatic heterocycles. The largest absolute Gasteiger partial charge is 0.509 e. The minimum absolute atomic E-state index is 0. The van der Waals surface area contributed by atoms with Crippen LogP contribution < -0.4 is 14.5 Å². The van der Waals surface area contributed by atoms with E-state index in [0.29, 0.717) is 11.5 Å². The maximum atomic E-state index is 6.73. The molecule has 1 aliphatic rings. The van der Waals surface area contributed by atoms with E-state index in [1.54, 1.807) is 0 Å². The molecule has 0 unspecified atom stereocenters. The predicted octanol–water partition coefficient (Wildman–Crippen LogP) is 17.2. The summed E-state index contributed by atoms with van der Waals surface area (Å²) in [5.41, 5.74) is 18.0. The number of benzene rings is 8. The summed E-state index contributed by atoms with van der Waals surface area (Å²) in [6.45, 7) is 20.3. The molecule has 10 aromatic rings. The Balaban J connectivity index is 0.00000567. The topological polar surface area (TPSA) is 33.5 Å². The first-order valence-corrected chi connectivity index (χ1v) is 23.9. The number of rotatable bonds is 8. The summed E-state index contributed by atoms with van der Waals surface area (Å²) in [6.07, 6.45) is 2.01. The number of hydrogen-bond donors (Lipinski definition) is 0. The molecule has 11 rings (SSSR count). The van der Waals surface area contributed by atoms with E-state index in [1.807, 2.05) is 24.4 Å². The Morgan fingerprint density at radius 2 is 1.17 bits per heavy atom. The van der Waals surface area contributed by atoms with Gasteiger partial charge in [-0.05, 0) is 105 Å². The number of para-hydroxylation sites is 2. The van der Waals surface area contributed by atoms with Gasteiger partial charge in [-0.1, -0.05) is 162 Å². The summed E-state index contributed by atoms with van der Waals surface area (Å²) in [5, 5.41) is 2.21. The molecule has 0 amide bonds. The average molecular weight is 1090 g/mol. The fourth-order valence-electron chi connectivity index (χ4n) is 9.72. The third-order valence-corrected chi connectivity index (χ3v) is 13.5. The van der Waals surface area contributed by atoms with Crippen LogP contribution in [-0.4, -0.2) is 9.55 Å². The van der Waals surface area contributed by atoms with Crippen LogP contribution in [0.5, 0.6) is 11.5 Å². The summed E-state index contributed by atoms with van der Waals surface area (Å²) in [7, 11) is 0. The summed E-state index contributed by atoms with van der Waals surface area (Å²) in [5.74, 6) is 2.01. The van der Waals surface area contributed by atoms with Gasteiger partial charge in [-0.15, -0.1) is 48.1 Å². The van der Waals surface area contributed by atoms with Crippen LogP contribution in [0, 0.1) is 32.6 Å². The van der Waals surface area contributed by atoms with Crippen molar-refractivity contribution in [3.63, 3.8) is 0 Å². The smallest absolute Gasteiger partial charge is 0.135 e. The van der Waals surface area contributed by atoms with E-state index in [2.05, 4.69) is 246 Å². The van der Waals surface area contributed by atoms with Crippen molar-refractivity contribution in [1.82, 2.24) is 9.55 Å². The number of anilines is 4. The molecular formula is C64H55N4OPt-3. The van der Waals surface area contributed by atoms with Crippen molar-refractivity contribution in [3.8, 4) is 50.7 Å². The third kappa shape index (κ3) is 8.62. The third-order valence-electron chi connectivity index (χ3n) is 13.5. The van der Waals surface area contributed by atoms with E-state index >= 15 is 0 Å². The molecule has 8 aromatic carbocycles. The Morgan fingerprint density at radius 3 is 1.87 bits per heavy atom. The second kappa shape index (κ2) is 18.3. The van der Waals surface area contributed by atoms with Gasteiger partial charge >= 0.3 is 0 Å². The van der Waals surface area contributed by atoms with Crippen molar-refractivity contribution < 1.29 is 25.8 Å². The van der Waals surface area contributed by atoms with Crippen LogP contribution in [0.3, 0.4) is 0 Å². The van der Waals surface area contributed by atoms with Gasteiger partial charge in [0.05, 0.1) is 0 Å². The molecule has 3 heterocycles. The molecular weight excluding hydrogens is 1040 g/mol. The van der Waals surface area contributed by atoms with Crippen molar-refractivity contribution in [2.75, 3.05) is 9.80 Å². The fourth-order valence-corrected chi connectivity index (χ4v) is 9.72. The molecule has 350 valence electrons. The molecule has 0 saturated carbocycles. The van der Waals surface area contributed by atoms with Crippen LogP contribution in [0.2, 0.25) is 0 Å². The van der Waals surface area contributed by atoms with Gasteiger partial charge in [-0.25, -0.2) is 4.98 Å². The molecule has 6 heteroatoms. The van der Waals surface area contributed by atoms with Crippen LogP contribution in [0.25, 0.3) is 61.0 Å². The summed E-state index contributed by atoms with van der Waals surface area (Å²) >= 11 is 0. The first kappa shape index (κ1) is 46.5. The Kier molecular flexibility index (Phi) is 12.1. The average Bonchev–Trinajstić information content (AvgIpc) is 3.90. The maximum absolute atomic E-state index is 6.73. The van der Waals surface area contributed by atoms with Gasteiger partial charge in [-0.2, -0.15) is 12.1 Å². The number of hydrogen-bond acceptors (Lipinski definition) is 4. The number of fused-ring (bicyclic) bond motifs is 4. The predicted molar refractivity (Wildman–Crippen MR) is 287 cm³/mol. The maximum Gasteiger partial charge on any atom is 0.135 e. The van der Waals surface area contributed by atoms with E-state index < -0.39 is 0 Å². The molecule has 70 heavy (non-hydrogen) atoms. The van der Waals surface area contributed by atoms with Crippen molar-refractivity contribution in [2.45, 2.75) is 66.2 Å². The number of ether oxygens (including phenoxy) is 1. The Hall–Kier alpha value is -7.20. The molecule has 5 nitrogen and oxygen atoms in total. The van der Waals surface area contributed by atoms with Crippen molar-refractivity contribution in [3.05, 3.63) is 223 Å². The second-order valence-electron chi connectivity index (χ2n) is 20.4. The zero-order chi connectivity index (χ0) is 47.6. The van der Waals surface area contributed by atoms with Crippen LogP contribution in [0.4, 0.5) is 22.7 Å². The van der Waals surface area contributed by atoms with Gasteiger partial charge in [0.2, 0.25) is 0 Å². The normalized spacial score (nSPS) is 12.6. The molecule has 0 spiro atoms. The van der Waals surface area contributed by atoms with Crippen molar-refractivity contribution >= 4 is 44.6 Å². The number of pyridine rings is 1. The van der Waals surface area contributed by atoms with Crippen LogP contribution in [0.15, 0.2) is 182 Å². The van der Waals surface area contributed by atoms with E-state index in [1.165, 1.54) is 33.4 Å². The molecule has 1 aliphatic heterocycles. The van der Waals surface area contributed by atoms with Crippen LogP contribution in [-0.2, 0) is 31.9 Å². The van der Waals surface area contributed by atoms with E-state index in [-0.39, 0.29) is 31.9 Å². The fraction of sp³-hybridized carbons (Fsp3) is 0.156. The first-order valence-electron chi connectivity index (χ1n) is 23.9.